The van der Waals surface area contributed by atoms with Gasteiger partial charge in [-0.3, -0.25) is 9.52 Å². The molecule has 5 aromatic rings. The Kier molecular flexibility index (Phi) is 6.86. The van der Waals surface area contributed by atoms with E-state index in [0.29, 0.717) is 22.5 Å². The van der Waals surface area contributed by atoms with Gasteiger partial charge in [0.25, 0.3) is 10.0 Å². The minimum absolute atomic E-state index is 0.0859. The predicted molar refractivity (Wildman–Crippen MR) is 146 cm³/mol. The molecule has 8 nitrogen and oxygen atoms in total. The fourth-order valence-electron chi connectivity index (χ4n) is 4.24. The van der Waals surface area contributed by atoms with E-state index in [1.54, 1.807) is 37.5 Å². The van der Waals surface area contributed by atoms with Crippen LogP contribution in [0.1, 0.15) is 21.5 Å². The lowest BCUT2D eigenvalue weighted by atomic mass is 9.99. The van der Waals surface area contributed by atoms with Gasteiger partial charge in [0.15, 0.2) is 5.82 Å². The highest BCUT2D eigenvalue weighted by atomic mass is 32.2. The smallest absolute Gasteiger partial charge is 0.262 e. The van der Waals surface area contributed by atoms with Crippen LogP contribution >= 0.6 is 0 Å². The molecule has 0 fully saturated rings. The topological polar surface area (TPSA) is 128 Å². The molecule has 3 aromatic carbocycles. The molecule has 40 heavy (non-hydrogen) atoms. The molecule has 0 radical (unpaired) electrons. The number of nitrogens with zero attached hydrogens (tertiary/aromatic N) is 1. The van der Waals surface area contributed by atoms with Crippen LogP contribution in [0, 0.1) is 22.9 Å². The Morgan fingerprint density at radius 1 is 1.00 bits per heavy atom. The third-order valence-electron chi connectivity index (χ3n) is 6.26. The number of halogens is 3. The number of benzene rings is 3. The maximum Gasteiger partial charge on any atom is 0.262 e. The standard InChI is InChI=1S/C28H20F3N5O3S/c1-33-24-10-15(5-6-16(24)12-32)17-9-20-21(14-35-28(20)34-13-17)27(37)25-22(30)7-8-23(26(25)31)36-40(38,39)19-4-2-3-18(29)11-19/h2-14,32-33,36H,1H3,(H,34,35). The molecule has 0 saturated carbocycles. The number of aromatic amines is 1. The first-order chi connectivity index (χ1) is 19.1. The number of anilines is 2. The highest BCUT2D eigenvalue weighted by Gasteiger charge is 2.26. The molecule has 0 aliphatic heterocycles. The van der Waals surface area contributed by atoms with Crippen molar-refractivity contribution in [1.82, 2.24) is 9.97 Å². The van der Waals surface area contributed by atoms with Gasteiger partial charge in [-0.05, 0) is 48.0 Å². The van der Waals surface area contributed by atoms with Crippen LogP contribution in [0.4, 0.5) is 24.5 Å². The SMILES string of the molecule is CNc1cc(-c2cnc3[nH]cc(C(=O)c4c(F)ccc(NS(=O)(=O)c5cccc(F)c5)c4F)c3c2)ccc1C=N. The number of sulfonamides is 1. The molecular weight excluding hydrogens is 543 g/mol. The molecule has 2 heterocycles. The van der Waals surface area contributed by atoms with Crippen molar-refractivity contribution in [3.63, 3.8) is 0 Å². The van der Waals surface area contributed by atoms with E-state index in [-0.39, 0.29) is 10.9 Å². The van der Waals surface area contributed by atoms with Crippen molar-refractivity contribution in [3.05, 3.63) is 107 Å². The van der Waals surface area contributed by atoms with Crippen molar-refractivity contribution >= 4 is 44.4 Å². The molecule has 5 rings (SSSR count). The molecule has 0 amide bonds. The summed E-state index contributed by atoms with van der Waals surface area (Å²) in [5.74, 6) is -4.49. The number of aromatic nitrogens is 2. The van der Waals surface area contributed by atoms with Gasteiger partial charge < -0.3 is 15.7 Å². The normalized spacial score (nSPS) is 11.4. The predicted octanol–water partition coefficient (Wildman–Crippen LogP) is 5.72. The number of fused-ring (bicyclic) bond motifs is 1. The second-order valence-electron chi connectivity index (χ2n) is 8.69. The van der Waals surface area contributed by atoms with Gasteiger partial charge in [-0.25, -0.2) is 26.6 Å². The second kappa shape index (κ2) is 10.3. The zero-order valence-corrected chi connectivity index (χ0v) is 21.5. The van der Waals surface area contributed by atoms with Crippen molar-refractivity contribution in [2.45, 2.75) is 4.90 Å². The molecule has 0 aliphatic rings. The number of hydrogen-bond acceptors (Lipinski definition) is 6. The van der Waals surface area contributed by atoms with Crippen LogP contribution in [-0.2, 0) is 10.0 Å². The highest BCUT2D eigenvalue weighted by Crippen LogP contribution is 2.31. The molecule has 4 N–H and O–H groups in total. The minimum Gasteiger partial charge on any atom is -0.388 e. The van der Waals surface area contributed by atoms with Gasteiger partial charge in [-0.2, -0.15) is 0 Å². The van der Waals surface area contributed by atoms with Crippen molar-refractivity contribution in [2.75, 3.05) is 17.1 Å². The third-order valence-corrected chi connectivity index (χ3v) is 7.62. The lowest BCUT2D eigenvalue weighted by Gasteiger charge is -2.12. The number of pyridine rings is 1. The van der Waals surface area contributed by atoms with Gasteiger partial charge in [0.05, 0.1) is 16.1 Å². The van der Waals surface area contributed by atoms with Crippen LogP contribution in [-0.4, -0.2) is 37.4 Å². The number of carbonyl (C=O) groups is 1. The average molecular weight is 564 g/mol. The lowest BCUT2D eigenvalue weighted by molar-refractivity contribution is 0.103. The summed E-state index contributed by atoms with van der Waals surface area (Å²) in [6.07, 6.45) is 4.04. The van der Waals surface area contributed by atoms with E-state index >= 15 is 4.39 Å². The Morgan fingerprint density at radius 2 is 1.80 bits per heavy atom. The van der Waals surface area contributed by atoms with Crippen molar-refractivity contribution in [1.29, 1.82) is 5.41 Å². The molecule has 0 aliphatic carbocycles. The van der Waals surface area contributed by atoms with Crippen LogP contribution in [0.15, 0.2) is 78.0 Å². The Balaban J connectivity index is 1.55. The summed E-state index contributed by atoms with van der Waals surface area (Å²) in [5, 5.41) is 10.8. The summed E-state index contributed by atoms with van der Waals surface area (Å²) in [6.45, 7) is 0. The van der Waals surface area contributed by atoms with Crippen LogP contribution < -0.4 is 10.0 Å². The molecule has 0 bridgehead atoms. The minimum atomic E-state index is -4.45. The maximum atomic E-state index is 15.5. The Hall–Kier alpha value is -4.97. The number of nitrogens with one attached hydrogen (secondary N) is 4. The van der Waals surface area contributed by atoms with E-state index in [2.05, 4.69) is 15.3 Å². The van der Waals surface area contributed by atoms with Crippen molar-refractivity contribution in [3.8, 4) is 11.1 Å². The highest BCUT2D eigenvalue weighted by molar-refractivity contribution is 7.92. The summed E-state index contributed by atoms with van der Waals surface area (Å²) in [7, 11) is -2.73. The molecule has 2 aromatic heterocycles. The van der Waals surface area contributed by atoms with E-state index in [4.69, 9.17) is 5.41 Å². The molecule has 0 atom stereocenters. The first-order valence-electron chi connectivity index (χ1n) is 11.7. The fraction of sp³-hybridized carbons (Fsp3) is 0.0357. The van der Waals surface area contributed by atoms with Crippen molar-refractivity contribution in [2.24, 2.45) is 0 Å². The number of ketones is 1. The number of hydrogen-bond donors (Lipinski definition) is 4. The van der Waals surface area contributed by atoms with Gasteiger partial charge in [-0.15, -0.1) is 0 Å². The lowest BCUT2D eigenvalue weighted by Crippen LogP contribution is -2.16. The molecule has 202 valence electrons. The van der Waals surface area contributed by atoms with E-state index in [1.807, 2.05) is 4.72 Å². The van der Waals surface area contributed by atoms with Gasteiger partial charge in [0.2, 0.25) is 5.78 Å². The van der Waals surface area contributed by atoms with E-state index in [1.165, 1.54) is 18.5 Å². The first-order valence-corrected chi connectivity index (χ1v) is 13.2. The van der Waals surface area contributed by atoms with Gasteiger partial charge in [0, 0.05) is 53.4 Å². The number of rotatable bonds is 8. The first kappa shape index (κ1) is 26.6. The quantitative estimate of drug-likeness (QED) is 0.142. The number of carbonyl (C=O) groups excluding carboxylic acids is 1. The van der Waals surface area contributed by atoms with Crippen LogP contribution in [0.2, 0.25) is 0 Å². The monoisotopic (exact) mass is 563 g/mol. The van der Waals surface area contributed by atoms with Crippen LogP contribution in [0.3, 0.4) is 0 Å². The molecular formula is C28H20F3N5O3S. The Morgan fingerprint density at radius 3 is 2.52 bits per heavy atom. The van der Waals surface area contributed by atoms with Gasteiger partial charge in [-0.1, -0.05) is 18.2 Å². The largest absolute Gasteiger partial charge is 0.388 e. The summed E-state index contributed by atoms with van der Waals surface area (Å²) in [5.41, 5.74) is 1.23. The van der Waals surface area contributed by atoms with Crippen LogP contribution in [0.25, 0.3) is 22.2 Å². The van der Waals surface area contributed by atoms with E-state index < -0.39 is 49.4 Å². The fourth-order valence-corrected chi connectivity index (χ4v) is 5.33. The Labute approximate surface area is 226 Å². The summed E-state index contributed by atoms with van der Waals surface area (Å²) < 4.78 is 71.2. The molecule has 0 saturated heterocycles. The molecule has 0 spiro atoms. The molecule has 12 heteroatoms. The second-order valence-corrected chi connectivity index (χ2v) is 10.4. The molecule has 0 unspecified atom stereocenters. The van der Waals surface area contributed by atoms with Gasteiger partial charge >= 0.3 is 0 Å². The van der Waals surface area contributed by atoms with Crippen molar-refractivity contribution < 1.29 is 26.4 Å². The average Bonchev–Trinajstić information content (AvgIpc) is 3.37. The zero-order valence-electron chi connectivity index (χ0n) is 20.7. The number of H-pyrrole nitrogens is 1. The van der Waals surface area contributed by atoms with Gasteiger partial charge in [0.1, 0.15) is 17.3 Å². The Bertz CT molecular complexity index is 1920. The summed E-state index contributed by atoms with van der Waals surface area (Å²) in [4.78, 5) is 20.1. The maximum absolute atomic E-state index is 15.5. The third kappa shape index (κ3) is 4.80. The van der Waals surface area contributed by atoms with E-state index in [9.17, 15) is 22.0 Å². The van der Waals surface area contributed by atoms with E-state index in [0.717, 1.165) is 35.9 Å². The summed E-state index contributed by atoms with van der Waals surface area (Å²) in [6, 6.07) is 12.6. The zero-order chi connectivity index (χ0) is 28.6. The summed E-state index contributed by atoms with van der Waals surface area (Å²) >= 11 is 0. The van der Waals surface area contributed by atoms with Crippen LogP contribution in [0.5, 0.6) is 0 Å².